The molecule has 0 atom stereocenters. The zero-order chi connectivity index (χ0) is 9.84. The number of hydrogen-bond acceptors (Lipinski definition) is 5. The van der Waals surface area contributed by atoms with Crippen LogP contribution in [0.3, 0.4) is 0 Å². The van der Waals surface area contributed by atoms with Crippen molar-refractivity contribution in [3.63, 3.8) is 0 Å². The Bertz CT molecular complexity index is 307. The van der Waals surface area contributed by atoms with Crippen LogP contribution >= 0.6 is 0 Å². The van der Waals surface area contributed by atoms with Gasteiger partial charge in [0.2, 0.25) is 0 Å². The minimum atomic E-state index is -0.472. The molecule has 1 heterocycles. The highest BCUT2D eigenvalue weighted by atomic mass is 16.5. The number of esters is 1. The monoisotopic (exact) mass is 184 g/mol. The average Bonchev–Trinajstić information content (AvgIpc) is 2.48. The van der Waals surface area contributed by atoms with E-state index in [0.29, 0.717) is 18.8 Å². The number of aromatic nitrogens is 3. The van der Waals surface area contributed by atoms with Gasteiger partial charge in [-0.25, -0.2) is 9.48 Å². The zero-order valence-electron chi connectivity index (χ0n) is 7.65. The summed E-state index contributed by atoms with van der Waals surface area (Å²) in [5.74, 6) is -0.472. The van der Waals surface area contributed by atoms with Crippen molar-refractivity contribution in [2.24, 2.45) is 5.73 Å². The van der Waals surface area contributed by atoms with Gasteiger partial charge in [-0.05, 0) is 6.92 Å². The van der Waals surface area contributed by atoms with Gasteiger partial charge in [-0.3, -0.25) is 0 Å². The lowest BCUT2D eigenvalue weighted by atomic mass is 10.3. The van der Waals surface area contributed by atoms with Crippen molar-refractivity contribution >= 4 is 5.97 Å². The number of nitrogens with two attached hydrogens (primary N) is 1. The maximum absolute atomic E-state index is 11.1. The summed E-state index contributed by atoms with van der Waals surface area (Å²) in [6, 6.07) is 0. The van der Waals surface area contributed by atoms with Crippen molar-refractivity contribution in [3.8, 4) is 0 Å². The van der Waals surface area contributed by atoms with Crippen LogP contribution in [0, 0.1) is 6.92 Å². The molecule has 2 N–H and O–H groups in total. The van der Waals surface area contributed by atoms with E-state index >= 15 is 0 Å². The SMILES string of the molecule is COC(=O)c1nnn(CCN)c1C. The van der Waals surface area contributed by atoms with Crippen LogP contribution < -0.4 is 5.73 Å². The van der Waals surface area contributed by atoms with E-state index < -0.39 is 5.97 Å². The molecule has 1 aromatic rings. The smallest absolute Gasteiger partial charge is 0.360 e. The molecule has 0 unspecified atom stereocenters. The van der Waals surface area contributed by atoms with Crippen molar-refractivity contribution in [1.82, 2.24) is 15.0 Å². The fraction of sp³-hybridized carbons (Fsp3) is 0.571. The third-order valence-corrected chi connectivity index (χ3v) is 1.70. The third kappa shape index (κ3) is 1.83. The van der Waals surface area contributed by atoms with Crippen LogP contribution in [0.5, 0.6) is 0 Å². The fourth-order valence-electron chi connectivity index (χ4n) is 0.980. The number of nitrogens with zero attached hydrogens (tertiary/aromatic N) is 3. The van der Waals surface area contributed by atoms with E-state index in [1.54, 1.807) is 11.6 Å². The van der Waals surface area contributed by atoms with Gasteiger partial charge in [-0.2, -0.15) is 0 Å². The van der Waals surface area contributed by atoms with E-state index in [9.17, 15) is 4.79 Å². The van der Waals surface area contributed by atoms with E-state index in [1.165, 1.54) is 7.11 Å². The predicted molar refractivity (Wildman–Crippen MR) is 45.2 cm³/mol. The molecule has 0 bridgehead atoms. The van der Waals surface area contributed by atoms with Crippen molar-refractivity contribution in [2.75, 3.05) is 13.7 Å². The Balaban J connectivity index is 2.92. The van der Waals surface area contributed by atoms with Gasteiger partial charge in [0, 0.05) is 6.54 Å². The van der Waals surface area contributed by atoms with Gasteiger partial charge in [0.1, 0.15) is 0 Å². The van der Waals surface area contributed by atoms with E-state index in [4.69, 9.17) is 5.73 Å². The molecule has 6 heteroatoms. The summed E-state index contributed by atoms with van der Waals surface area (Å²) in [7, 11) is 1.31. The minimum Gasteiger partial charge on any atom is -0.464 e. The van der Waals surface area contributed by atoms with Crippen molar-refractivity contribution in [3.05, 3.63) is 11.4 Å². The molecule has 13 heavy (non-hydrogen) atoms. The number of carbonyl (C=O) groups excluding carboxylic acids is 1. The highest BCUT2D eigenvalue weighted by Crippen LogP contribution is 2.04. The standard InChI is InChI=1S/C7H12N4O2/c1-5-6(7(12)13-2)9-10-11(5)4-3-8/h3-4,8H2,1-2H3. The van der Waals surface area contributed by atoms with Crippen LogP contribution in [0.25, 0.3) is 0 Å². The van der Waals surface area contributed by atoms with Crippen LogP contribution in [-0.4, -0.2) is 34.6 Å². The van der Waals surface area contributed by atoms with Crippen LogP contribution in [0.2, 0.25) is 0 Å². The number of hydrogen-bond donors (Lipinski definition) is 1. The molecule has 1 aromatic heterocycles. The van der Waals surface area contributed by atoms with Crippen molar-refractivity contribution in [2.45, 2.75) is 13.5 Å². The maximum atomic E-state index is 11.1. The summed E-state index contributed by atoms with van der Waals surface area (Å²) in [6.07, 6.45) is 0. The van der Waals surface area contributed by atoms with E-state index in [-0.39, 0.29) is 5.69 Å². The number of methoxy groups -OCH3 is 1. The third-order valence-electron chi connectivity index (χ3n) is 1.70. The van der Waals surface area contributed by atoms with Gasteiger partial charge in [0.25, 0.3) is 0 Å². The fourth-order valence-corrected chi connectivity index (χ4v) is 0.980. The summed E-state index contributed by atoms with van der Waals surface area (Å²) in [5, 5.41) is 7.45. The second kappa shape index (κ2) is 3.99. The molecule has 72 valence electrons. The van der Waals surface area contributed by atoms with Gasteiger partial charge in [-0.1, -0.05) is 5.21 Å². The second-order valence-electron chi connectivity index (χ2n) is 2.53. The lowest BCUT2D eigenvalue weighted by molar-refractivity contribution is 0.0593. The van der Waals surface area contributed by atoms with Gasteiger partial charge < -0.3 is 10.5 Å². The summed E-state index contributed by atoms with van der Waals surface area (Å²) in [5.41, 5.74) is 6.27. The lowest BCUT2D eigenvalue weighted by Crippen LogP contribution is -2.13. The summed E-state index contributed by atoms with van der Waals surface area (Å²) in [4.78, 5) is 11.1. The molecule has 0 spiro atoms. The van der Waals surface area contributed by atoms with Crippen LogP contribution in [0.15, 0.2) is 0 Å². The van der Waals surface area contributed by atoms with E-state index in [2.05, 4.69) is 15.0 Å². The number of rotatable bonds is 3. The molecule has 6 nitrogen and oxygen atoms in total. The van der Waals surface area contributed by atoms with E-state index in [1.807, 2.05) is 0 Å². The Kier molecular flexibility index (Phi) is 2.97. The predicted octanol–water partition coefficient (Wildman–Crippen LogP) is -0.668. The topological polar surface area (TPSA) is 83.0 Å². The average molecular weight is 184 g/mol. The molecule has 0 aromatic carbocycles. The van der Waals surface area contributed by atoms with Crippen LogP contribution in [0.1, 0.15) is 16.2 Å². The Morgan fingerprint density at radius 1 is 1.69 bits per heavy atom. The largest absolute Gasteiger partial charge is 0.464 e. The normalized spacial score (nSPS) is 10.1. The minimum absolute atomic E-state index is 0.246. The van der Waals surface area contributed by atoms with Crippen LogP contribution in [-0.2, 0) is 11.3 Å². The van der Waals surface area contributed by atoms with Gasteiger partial charge in [-0.15, -0.1) is 5.10 Å². The molecule has 0 saturated heterocycles. The molecule has 0 aliphatic heterocycles. The van der Waals surface area contributed by atoms with Gasteiger partial charge in [0.15, 0.2) is 5.69 Å². The zero-order valence-corrected chi connectivity index (χ0v) is 7.65. The molecular formula is C7H12N4O2. The first kappa shape index (κ1) is 9.66. The molecule has 0 fully saturated rings. The van der Waals surface area contributed by atoms with Gasteiger partial charge in [0.05, 0.1) is 19.3 Å². The lowest BCUT2D eigenvalue weighted by Gasteiger charge is -1.99. The maximum Gasteiger partial charge on any atom is 0.360 e. The molecular weight excluding hydrogens is 172 g/mol. The molecule has 0 saturated carbocycles. The Labute approximate surface area is 75.7 Å². The quantitative estimate of drug-likeness (QED) is 0.630. The summed E-state index contributed by atoms with van der Waals surface area (Å²) in [6.45, 7) is 2.77. The van der Waals surface area contributed by atoms with Crippen molar-refractivity contribution < 1.29 is 9.53 Å². The highest BCUT2D eigenvalue weighted by Gasteiger charge is 2.15. The second-order valence-corrected chi connectivity index (χ2v) is 2.53. The molecule has 0 aliphatic carbocycles. The molecule has 0 aliphatic rings. The molecule has 1 rings (SSSR count). The van der Waals surface area contributed by atoms with Gasteiger partial charge >= 0.3 is 5.97 Å². The van der Waals surface area contributed by atoms with Crippen molar-refractivity contribution in [1.29, 1.82) is 0 Å². The highest BCUT2D eigenvalue weighted by molar-refractivity contribution is 5.88. The summed E-state index contributed by atoms with van der Waals surface area (Å²) >= 11 is 0. The first-order valence-corrected chi connectivity index (χ1v) is 3.89. The van der Waals surface area contributed by atoms with E-state index in [0.717, 1.165) is 0 Å². The summed E-state index contributed by atoms with van der Waals surface area (Å²) < 4.78 is 6.10. The molecule has 0 radical (unpaired) electrons. The molecule has 0 amide bonds. The number of ether oxygens (including phenoxy) is 1. The Hall–Kier alpha value is -1.43. The number of carbonyl (C=O) groups is 1. The Morgan fingerprint density at radius 3 is 2.92 bits per heavy atom. The van der Waals surface area contributed by atoms with Crippen LogP contribution in [0.4, 0.5) is 0 Å². The first-order valence-electron chi connectivity index (χ1n) is 3.89. The first-order chi connectivity index (χ1) is 6.20. The Morgan fingerprint density at radius 2 is 2.38 bits per heavy atom.